The highest BCUT2D eigenvalue weighted by Crippen LogP contribution is 2.28. The van der Waals surface area contributed by atoms with Gasteiger partial charge in [-0.05, 0) is 37.6 Å². The second-order valence-electron chi connectivity index (χ2n) is 4.33. The zero-order valence-electron chi connectivity index (χ0n) is 10.2. The molecule has 2 rings (SSSR count). The standard InChI is InChI=1S/C14H17ClN2/c1-3-5-10(2)17-13-8-7-12(15)11-6-4-9-16-14(11)13/h4,6-10,17H,3,5H2,1-2H3. The summed E-state index contributed by atoms with van der Waals surface area (Å²) in [6.45, 7) is 4.38. The molecular formula is C14H17ClN2. The molecule has 1 unspecified atom stereocenters. The van der Waals surface area contributed by atoms with Gasteiger partial charge < -0.3 is 5.32 Å². The van der Waals surface area contributed by atoms with E-state index in [1.54, 1.807) is 6.20 Å². The third-order valence-corrected chi connectivity index (χ3v) is 3.17. The van der Waals surface area contributed by atoms with Crippen LogP contribution < -0.4 is 5.32 Å². The fourth-order valence-corrected chi connectivity index (χ4v) is 2.24. The molecule has 0 saturated heterocycles. The van der Waals surface area contributed by atoms with Gasteiger partial charge in [0.1, 0.15) is 0 Å². The Bertz CT molecular complexity index is 511. The summed E-state index contributed by atoms with van der Waals surface area (Å²) in [6, 6.07) is 8.29. The summed E-state index contributed by atoms with van der Waals surface area (Å²) in [7, 11) is 0. The molecule has 0 amide bonds. The number of nitrogens with one attached hydrogen (secondary N) is 1. The number of halogens is 1. The van der Waals surface area contributed by atoms with E-state index < -0.39 is 0 Å². The maximum atomic E-state index is 6.16. The van der Waals surface area contributed by atoms with Crippen molar-refractivity contribution in [3.63, 3.8) is 0 Å². The fourth-order valence-electron chi connectivity index (χ4n) is 2.02. The maximum absolute atomic E-state index is 6.16. The predicted molar refractivity (Wildman–Crippen MR) is 74.7 cm³/mol. The van der Waals surface area contributed by atoms with E-state index >= 15 is 0 Å². The number of rotatable bonds is 4. The van der Waals surface area contributed by atoms with Crippen molar-refractivity contribution in [3.05, 3.63) is 35.5 Å². The monoisotopic (exact) mass is 248 g/mol. The summed E-state index contributed by atoms with van der Waals surface area (Å²) in [5.41, 5.74) is 2.01. The van der Waals surface area contributed by atoms with Crippen LogP contribution in [0.5, 0.6) is 0 Å². The molecular weight excluding hydrogens is 232 g/mol. The number of benzene rings is 1. The fraction of sp³-hybridized carbons (Fsp3) is 0.357. The first-order valence-corrected chi connectivity index (χ1v) is 6.40. The van der Waals surface area contributed by atoms with Gasteiger partial charge in [0.15, 0.2) is 0 Å². The number of aromatic nitrogens is 1. The number of hydrogen-bond donors (Lipinski definition) is 1. The van der Waals surface area contributed by atoms with Crippen molar-refractivity contribution in [1.82, 2.24) is 4.98 Å². The zero-order valence-corrected chi connectivity index (χ0v) is 11.0. The number of hydrogen-bond acceptors (Lipinski definition) is 2. The minimum Gasteiger partial charge on any atom is -0.381 e. The molecule has 17 heavy (non-hydrogen) atoms. The van der Waals surface area contributed by atoms with E-state index in [1.807, 2.05) is 24.3 Å². The van der Waals surface area contributed by atoms with Crippen molar-refractivity contribution >= 4 is 28.2 Å². The molecule has 1 aromatic heterocycles. The van der Waals surface area contributed by atoms with Gasteiger partial charge >= 0.3 is 0 Å². The van der Waals surface area contributed by atoms with Gasteiger partial charge in [-0.2, -0.15) is 0 Å². The molecule has 2 nitrogen and oxygen atoms in total. The first-order valence-electron chi connectivity index (χ1n) is 6.02. The second-order valence-corrected chi connectivity index (χ2v) is 4.74. The Morgan fingerprint density at radius 2 is 2.18 bits per heavy atom. The van der Waals surface area contributed by atoms with Crippen molar-refractivity contribution < 1.29 is 0 Å². The lowest BCUT2D eigenvalue weighted by molar-refractivity contribution is 0.691. The Labute approximate surface area is 107 Å². The van der Waals surface area contributed by atoms with E-state index in [9.17, 15) is 0 Å². The molecule has 3 heteroatoms. The summed E-state index contributed by atoms with van der Waals surface area (Å²) in [5.74, 6) is 0. The molecule has 1 N–H and O–H groups in total. The molecule has 1 heterocycles. The van der Waals surface area contributed by atoms with Gasteiger partial charge in [0, 0.05) is 17.6 Å². The SMILES string of the molecule is CCCC(C)Nc1ccc(Cl)c2cccnc12. The molecule has 0 bridgehead atoms. The maximum Gasteiger partial charge on any atom is 0.0948 e. The van der Waals surface area contributed by atoms with Gasteiger partial charge in [0.05, 0.1) is 16.2 Å². The third-order valence-electron chi connectivity index (χ3n) is 2.84. The topological polar surface area (TPSA) is 24.9 Å². The summed E-state index contributed by atoms with van der Waals surface area (Å²) in [5, 5.41) is 5.25. The molecule has 0 radical (unpaired) electrons. The van der Waals surface area contributed by atoms with Crippen LogP contribution >= 0.6 is 11.6 Å². The molecule has 90 valence electrons. The van der Waals surface area contributed by atoms with Crippen LogP contribution in [-0.4, -0.2) is 11.0 Å². The highest BCUT2D eigenvalue weighted by Gasteiger charge is 2.07. The number of anilines is 1. The Morgan fingerprint density at radius 1 is 1.35 bits per heavy atom. The van der Waals surface area contributed by atoms with Crippen LogP contribution in [0.2, 0.25) is 5.02 Å². The van der Waals surface area contributed by atoms with Crippen LogP contribution in [0.15, 0.2) is 30.5 Å². The van der Waals surface area contributed by atoms with Gasteiger partial charge in [0.25, 0.3) is 0 Å². The van der Waals surface area contributed by atoms with Crippen molar-refractivity contribution in [2.45, 2.75) is 32.7 Å². The minimum atomic E-state index is 0.450. The number of fused-ring (bicyclic) bond motifs is 1. The number of pyridine rings is 1. The van der Waals surface area contributed by atoms with Gasteiger partial charge in [-0.1, -0.05) is 24.9 Å². The molecule has 2 aromatic rings. The summed E-state index contributed by atoms with van der Waals surface area (Å²) < 4.78 is 0. The van der Waals surface area contributed by atoms with Crippen LogP contribution in [-0.2, 0) is 0 Å². The quantitative estimate of drug-likeness (QED) is 0.862. The highest BCUT2D eigenvalue weighted by atomic mass is 35.5. The van der Waals surface area contributed by atoms with Crippen LogP contribution in [0.3, 0.4) is 0 Å². The highest BCUT2D eigenvalue weighted by molar-refractivity contribution is 6.35. The Balaban J connectivity index is 2.38. The molecule has 0 aliphatic rings. The van der Waals surface area contributed by atoms with E-state index in [0.29, 0.717) is 6.04 Å². The van der Waals surface area contributed by atoms with Crippen molar-refractivity contribution in [2.24, 2.45) is 0 Å². The molecule has 0 aliphatic carbocycles. The Hall–Kier alpha value is -1.28. The lowest BCUT2D eigenvalue weighted by Crippen LogP contribution is -2.14. The minimum absolute atomic E-state index is 0.450. The van der Waals surface area contributed by atoms with E-state index in [4.69, 9.17) is 11.6 Å². The van der Waals surface area contributed by atoms with E-state index in [2.05, 4.69) is 24.1 Å². The van der Waals surface area contributed by atoms with Crippen LogP contribution in [0.4, 0.5) is 5.69 Å². The number of nitrogens with zero attached hydrogens (tertiary/aromatic N) is 1. The summed E-state index contributed by atoms with van der Waals surface area (Å²) in [4.78, 5) is 4.41. The average Bonchev–Trinajstić information content (AvgIpc) is 2.34. The molecule has 0 saturated carbocycles. The van der Waals surface area contributed by atoms with E-state index in [1.165, 1.54) is 6.42 Å². The van der Waals surface area contributed by atoms with Crippen LogP contribution in [0.1, 0.15) is 26.7 Å². The zero-order chi connectivity index (χ0) is 12.3. The molecule has 0 aliphatic heterocycles. The lowest BCUT2D eigenvalue weighted by atomic mass is 10.1. The molecule has 0 fully saturated rings. The summed E-state index contributed by atoms with van der Waals surface area (Å²) in [6.07, 6.45) is 4.12. The molecule has 0 spiro atoms. The van der Waals surface area contributed by atoms with Gasteiger partial charge in [-0.25, -0.2) is 0 Å². The van der Waals surface area contributed by atoms with E-state index in [-0.39, 0.29) is 0 Å². The Morgan fingerprint density at radius 3 is 2.94 bits per heavy atom. The lowest BCUT2D eigenvalue weighted by Gasteiger charge is -2.16. The van der Waals surface area contributed by atoms with Crippen molar-refractivity contribution in [3.8, 4) is 0 Å². The molecule has 1 atom stereocenters. The second kappa shape index (κ2) is 5.37. The predicted octanol–water partition coefficient (Wildman–Crippen LogP) is 4.49. The first kappa shape index (κ1) is 12.2. The van der Waals surface area contributed by atoms with Crippen molar-refractivity contribution in [1.29, 1.82) is 0 Å². The van der Waals surface area contributed by atoms with Gasteiger partial charge in [-0.15, -0.1) is 0 Å². The van der Waals surface area contributed by atoms with E-state index in [0.717, 1.165) is 28.0 Å². The smallest absolute Gasteiger partial charge is 0.0948 e. The molecule has 1 aromatic carbocycles. The van der Waals surface area contributed by atoms with Gasteiger partial charge in [-0.3, -0.25) is 4.98 Å². The third kappa shape index (κ3) is 2.70. The average molecular weight is 249 g/mol. The van der Waals surface area contributed by atoms with Gasteiger partial charge in [0.2, 0.25) is 0 Å². The summed E-state index contributed by atoms with van der Waals surface area (Å²) >= 11 is 6.16. The first-order chi connectivity index (χ1) is 8.22. The largest absolute Gasteiger partial charge is 0.381 e. The Kier molecular flexibility index (Phi) is 3.85. The van der Waals surface area contributed by atoms with Crippen LogP contribution in [0, 0.1) is 0 Å². The van der Waals surface area contributed by atoms with Crippen molar-refractivity contribution in [2.75, 3.05) is 5.32 Å². The van der Waals surface area contributed by atoms with Crippen LogP contribution in [0.25, 0.3) is 10.9 Å². The normalized spacial score (nSPS) is 12.6.